The van der Waals surface area contributed by atoms with Crippen molar-refractivity contribution in [2.45, 2.75) is 56.9 Å². The van der Waals surface area contributed by atoms with E-state index in [0.717, 1.165) is 24.2 Å². The lowest BCUT2D eigenvalue weighted by Gasteiger charge is -2.27. The van der Waals surface area contributed by atoms with E-state index in [0.29, 0.717) is 25.7 Å². The zero-order chi connectivity index (χ0) is 18.4. The molecule has 0 radical (unpaired) electrons. The van der Waals surface area contributed by atoms with Gasteiger partial charge in [0, 0.05) is 18.3 Å². The Kier molecular flexibility index (Phi) is 6.84. The number of ether oxygens (including phenoxy) is 1. The van der Waals surface area contributed by atoms with Crippen LogP contribution in [0.15, 0.2) is 23.1 Å². The first-order valence-corrected chi connectivity index (χ1v) is 10.3. The number of methoxy groups -OCH3 is 1. The van der Waals surface area contributed by atoms with Crippen LogP contribution in [-0.4, -0.2) is 34.1 Å². The van der Waals surface area contributed by atoms with Gasteiger partial charge in [0.25, 0.3) is 0 Å². The molecule has 7 heteroatoms. The van der Waals surface area contributed by atoms with Gasteiger partial charge < -0.3 is 10.1 Å². The molecule has 0 spiro atoms. The SMILES string of the molecule is CCCNc1cc(S(=O)(=O)N[C@H]2CC[C@H](C(=O)OC)CC2)ccc1C. The zero-order valence-electron chi connectivity index (χ0n) is 15.2. The van der Waals surface area contributed by atoms with E-state index in [1.165, 1.54) is 7.11 Å². The van der Waals surface area contributed by atoms with E-state index >= 15 is 0 Å². The van der Waals surface area contributed by atoms with Crippen LogP contribution in [0.25, 0.3) is 0 Å². The zero-order valence-corrected chi connectivity index (χ0v) is 16.0. The molecule has 2 N–H and O–H groups in total. The molecule has 1 aliphatic rings. The molecule has 1 aliphatic carbocycles. The number of rotatable bonds is 7. The van der Waals surface area contributed by atoms with Crippen LogP contribution in [0.4, 0.5) is 5.69 Å². The summed E-state index contributed by atoms with van der Waals surface area (Å²) in [5.41, 5.74) is 1.87. The molecule has 25 heavy (non-hydrogen) atoms. The molecule has 0 heterocycles. The van der Waals surface area contributed by atoms with Gasteiger partial charge in [-0.15, -0.1) is 0 Å². The van der Waals surface area contributed by atoms with Crippen LogP contribution >= 0.6 is 0 Å². The summed E-state index contributed by atoms with van der Waals surface area (Å²) in [6, 6.07) is 5.00. The third-order valence-electron chi connectivity index (χ3n) is 4.67. The van der Waals surface area contributed by atoms with Crippen molar-refractivity contribution in [1.82, 2.24) is 4.72 Å². The van der Waals surface area contributed by atoms with Crippen molar-refractivity contribution in [3.63, 3.8) is 0 Å². The van der Waals surface area contributed by atoms with Gasteiger partial charge >= 0.3 is 5.97 Å². The average Bonchev–Trinajstić information content (AvgIpc) is 2.60. The van der Waals surface area contributed by atoms with Gasteiger partial charge in [0.2, 0.25) is 10.0 Å². The molecule has 0 amide bonds. The third kappa shape index (κ3) is 5.19. The van der Waals surface area contributed by atoms with E-state index in [4.69, 9.17) is 4.74 Å². The quantitative estimate of drug-likeness (QED) is 0.723. The Balaban J connectivity index is 2.03. The third-order valence-corrected chi connectivity index (χ3v) is 6.19. The summed E-state index contributed by atoms with van der Waals surface area (Å²) in [5, 5.41) is 3.26. The van der Waals surface area contributed by atoms with Crippen molar-refractivity contribution in [1.29, 1.82) is 0 Å². The Hall–Kier alpha value is -1.60. The summed E-state index contributed by atoms with van der Waals surface area (Å²) >= 11 is 0. The Bertz CT molecular complexity index is 695. The van der Waals surface area contributed by atoms with E-state index in [2.05, 4.69) is 17.0 Å². The number of anilines is 1. The Morgan fingerprint density at radius 2 is 1.92 bits per heavy atom. The maximum Gasteiger partial charge on any atom is 0.308 e. The highest BCUT2D eigenvalue weighted by atomic mass is 32.2. The molecule has 0 aliphatic heterocycles. The van der Waals surface area contributed by atoms with Gasteiger partial charge in [-0.05, 0) is 56.7 Å². The molecule has 1 aromatic carbocycles. The first-order chi connectivity index (χ1) is 11.9. The number of nitrogens with one attached hydrogen (secondary N) is 2. The van der Waals surface area contributed by atoms with Crippen molar-refractivity contribution < 1.29 is 17.9 Å². The number of carbonyl (C=O) groups is 1. The highest BCUT2D eigenvalue weighted by Crippen LogP contribution is 2.27. The predicted octanol–water partition coefficient (Wildman–Crippen LogP) is 2.83. The van der Waals surface area contributed by atoms with Crippen molar-refractivity contribution in [3.8, 4) is 0 Å². The van der Waals surface area contributed by atoms with Gasteiger partial charge in [0.05, 0.1) is 17.9 Å². The fourth-order valence-electron chi connectivity index (χ4n) is 3.12. The molecule has 2 rings (SSSR count). The molecule has 0 bridgehead atoms. The first kappa shape index (κ1) is 19.7. The topological polar surface area (TPSA) is 84.5 Å². The normalized spacial score (nSPS) is 20.9. The molecule has 0 saturated heterocycles. The van der Waals surface area contributed by atoms with Crippen LogP contribution in [0.1, 0.15) is 44.6 Å². The second-order valence-corrected chi connectivity index (χ2v) is 8.31. The lowest BCUT2D eigenvalue weighted by atomic mass is 9.86. The molecule has 1 saturated carbocycles. The molecule has 1 fully saturated rings. The van der Waals surface area contributed by atoms with Gasteiger partial charge in [0.15, 0.2) is 0 Å². The Labute approximate surface area is 150 Å². The number of benzene rings is 1. The summed E-state index contributed by atoms with van der Waals surface area (Å²) in [6.45, 7) is 4.82. The maximum absolute atomic E-state index is 12.7. The summed E-state index contributed by atoms with van der Waals surface area (Å²) in [4.78, 5) is 11.8. The largest absolute Gasteiger partial charge is 0.469 e. The number of hydrogen-bond acceptors (Lipinski definition) is 5. The number of carbonyl (C=O) groups excluding carboxylic acids is 1. The summed E-state index contributed by atoms with van der Waals surface area (Å²) in [5.74, 6) is -0.318. The minimum Gasteiger partial charge on any atom is -0.469 e. The van der Waals surface area contributed by atoms with Crippen LogP contribution in [-0.2, 0) is 19.6 Å². The van der Waals surface area contributed by atoms with E-state index in [1.807, 2.05) is 13.0 Å². The van der Waals surface area contributed by atoms with Crippen LogP contribution < -0.4 is 10.0 Å². The molecule has 1 aromatic rings. The van der Waals surface area contributed by atoms with Crippen molar-refractivity contribution >= 4 is 21.7 Å². The van der Waals surface area contributed by atoms with Crippen molar-refractivity contribution in [3.05, 3.63) is 23.8 Å². The molecule has 0 unspecified atom stereocenters. The molecular weight excluding hydrogens is 340 g/mol. The van der Waals surface area contributed by atoms with Crippen molar-refractivity contribution in [2.24, 2.45) is 5.92 Å². The lowest BCUT2D eigenvalue weighted by molar-refractivity contribution is -0.146. The summed E-state index contributed by atoms with van der Waals surface area (Å²) in [7, 11) is -2.19. The summed E-state index contributed by atoms with van der Waals surface area (Å²) < 4.78 is 32.9. The van der Waals surface area contributed by atoms with Gasteiger partial charge in [-0.25, -0.2) is 13.1 Å². The molecule has 0 aromatic heterocycles. The molecular formula is C18H28N2O4S. The van der Waals surface area contributed by atoms with Crippen LogP contribution in [0.2, 0.25) is 0 Å². The highest BCUT2D eigenvalue weighted by molar-refractivity contribution is 7.89. The highest BCUT2D eigenvalue weighted by Gasteiger charge is 2.29. The monoisotopic (exact) mass is 368 g/mol. The molecule has 6 nitrogen and oxygen atoms in total. The minimum absolute atomic E-state index is 0.116. The van der Waals surface area contributed by atoms with E-state index in [9.17, 15) is 13.2 Å². The summed E-state index contributed by atoms with van der Waals surface area (Å²) in [6.07, 6.45) is 3.56. The van der Waals surface area contributed by atoms with Gasteiger partial charge in [-0.1, -0.05) is 13.0 Å². The minimum atomic E-state index is -3.57. The standard InChI is InChI=1S/C18H28N2O4S/c1-4-11-19-17-12-16(10-5-13(17)2)25(22,23)20-15-8-6-14(7-9-15)18(21)24-3/h5,10,12,14-15,19-20H,4,6-9,11H2,1-3H3/t14-,15-. The fourth-order valence-corrected chi connectivity index (χ4v) is 4.45. The van der Waals surface area contributed by atoms with Gasteiger partial charge in [-0.2, -0.15) is 0 Å². The molecule has 140 valence electrons. The Morgan fingerprint density at radius 3 is 2.52 bits per heavy atom. The van der Waals surface area contributed by atoms with Gasteiger partial charge in [0.1, 0.15) is 0 Å². The van der Waals surface area contributed by atoms with E-state index in [1.54, 1.807) is 12.1 Å². The lowest BCUT2D eigenvalue weighted by Crippen LogP contribution is -2.38. The van der Waals surface area contributed by atoms with Crippen LogP contribution in [0.3, 0.4) is 0 Å². The Morgan fingerprint density at radius 1 is 1.24 bits per heavy atom. The van der Waals surface area contributed by atoms with Crippen LogP contribution in [0, 0.1) is 12.8 Å². The second-order valence-electron chi connectivity index (χ2n) is 6.60. The van der Waals surface area contributed by atoms with Gasteiger partial charge in [-0.3, -0.25) is 4.79 Å². The molecule has 0 atom stereocenters. The second kappa shape index (κ2) is 8.67. The van der Waals surface area contributed by atoms with Crippen molar-refractivity contribution in [2.75, 3.05) is 19.0 Å². The maximum atomic E-state index is 12.7. The van der Waals surface area contributed by atoms with E-state index < -0.39 is 10.0 Å². The number of esters is 1. The fraction of sp³-hybridized carbons (Fsp3) is 0.611. The van der Waals surface area contributed by atoms with E-state index in [-0.39, 0.29) is 22.8 Å². The first-order valence-electron chi connectivity index (χ1n) is 8.82. The smallest absolute Gasteiger partial charge is 0.308 e. The van der Waals surface area contributed by atoms with Crippen LogP contribution in [0.5, 0.6) is 0 Å². The number of hydrogen-bond donors (Lipinski definition) is 2. The average molecular weight is 368 g/mol. The predicted molar refractivity (Wildman–Crippen MR) is 98.0 cm³/mol. The number of sulfonamides is 1. The number of aryl methyl sites for hydroxylation is 1.